The van der Waals surface area contributed by atoms with Crippen molar-refractivity contribution in [2.24, 2.45) is 0 Å². The predicted molar refractivity (Wildman–Crippen MR) is 126 cm³/mol. The van der Waals surface area contributed by atoms with Gasteiger partial charge in [0.05, 0.1) is 6.26 Å². The number of rotatable bonds is 8. The Morgan fingerprint density at radius 1 is 1.19 bits per heavy atom. The molecule has 0 saturated carbocycles. The predicted octanol–water partition coefficient (Wildman–Crippen LogP) is 7.40. The zero-order valence-electron chi connectivity index (χ0n) is 19.1. The smallest absolute Gasteiger partial charge is 0.345 e. The van der Waals surface area contributed by atoms with Gasteiger partial charge in [0.15, 0.2) is 0 Å². The first kappa shape index (κ1) is 22.2. The van der Waals surface area contributed by atoms with Gasteiger partial charge in [0, 0.05) is 17.0 Å². The number of carbonyl (C=O) groups excluding carboxylic acids is 1. The Hall–Kier alpha value is -3.01. The van der Waals surface area contributed by atoms with Crippen LogP contribution in [0.2, 0.25) is 0 Å². The number of ether oxygens (including phenoxy) is 3. The van der Waals surface area contributed by atoms with Crippen LogP contribution in [-0.2, 0) is 11.2 Å². The number of cyclic esters (lactones) is 1. The summed E-state index contributed by atoms with van der Waals surface area (Å²) in [6, 6.07) is 11.6. The van der Waals surface area contributed by atoms with E-state index >= 15 is 0 Å². The second-order valence-corrected chi connectivity index (χ2v) is 8.67. The molecular formula is C28H32O4. The summed E-state index contributed by atoms with van der Waals surface area (Å²) in [6.45, 7) is 8.11. The van der Waals surface area contributed by atoms with Gasteiger partial charge in [-0.3, -0.25) is 0 Å². The molecule has 2 aromatic rings. The molecule has 4 heteroatoms. The van der Waals surface area contributed by atoms with Crippen molar-refractivity contribution in [1.82, 2.24) is 0 Å². The molecule has 2 atom stereocenters. The molecule has 0 aromatic heterocycles. The largest absolute Gasteiger partial charge is 0.465 e. The van der Waals surface area contributed by atoms with Gasteiger partial charge in [-0.2, -0.15) is 0 Å². The van der Waals surface area contributed by atoms with E-state index in [-0.39, 0.29) is 11.9 Å². The molecular weight excluding hydrogens is 400 g/mol. The average Bonchev–Trinajstić information content (AvgIpc) is 2.79. The van der Waals surface area contributed by atoms with Crippen LogP contribution in [-0.4, -0.2) is 5.97 Å². The number of unbranched alkanes of at least 4 members (excludes halogenated alkanes) is 2. The van der Waals surface area contributed by atoms with E-state index in [1.807, 2.05) is 36.4 Å². The van der Waals surface area contributed by atoms with E-state index in [1.165, 1.54) is 11.8 Å². The lowest BCUT2D eigenvalue weighted by Crippen LogP contribution is -2.26. The van der Waals surface area contributed by atoms with E-state index in [9.17, 15) is 4.79 Å². The first-order chi connectivity index (χ1) is 15.6. The summed E-state index contributed by atoms with van der Waals surface area (Å²) in [7, 11) is 0. The Morgan fingerprint density at radius 2 is 2.00 bits per heavy atom. The van der Waals surface area contributed by atoms with Crippen LogP contribution in [0, 0.1) is 0 Å². The van der Waals surface area contributed by atoms with Gasteiger partial charge in [0.2, 0.25) is 0 Å². The third-order valence-corrected chi connectivity index (χ3v) is 6.28. The summed E-state index contributed by atoms with van der Waals surface area (Å²) in [6.07, 6.45) is 10.1. The molecule has 0 fully saturated rings. The molecule has 1 aliphatic carbocycles. The van der Waals surface area contributed by atoms with E-state index in [2.05, 4.69) is 26.5 Å². The topological polar surface area (TPSA) is 44.8 Å². The van der Waals surface area contributed by atoms with Gasteiger partial charge in [-0.25, -0.2) is 4.79 Å². The third-order valence-electron chi connectivity index (χ3n) is 6.28. The highest BCUT2D eigenvalue weighted by molar-refractivity contribution is 5.96. The van der Waals surface area contributed by atoms with Gasteiger partial charge in [-0.1, -0.05) is 68.3 Å². The Balaban J connectivity index is 1.86. The van der Waals surface area contributed by atoms with E-state index in [1.54, 1.807) is 0 Å². The lowest BCUT2D eigenvalue weighted by molar-refractivity contribution is -0.0633. The minimum absolute atomic E-state index is 0.125. The van der Waals surface area contributed by atoms with Gasteiger partial charge in [0.25, 0.3) is 6.29 Å². The summed E-state index contributed by atoms with van der Waals surface area (Å²) < 4.78 is 18.1. The molecule has 0 spiro atoms. The first-order valence-corrected chi connectivity index (χ1v) is 11.7. The summed E-state index contributed by atoms with van der Waals surface area (Å²) in [4.78, 5) is 13.3. The molecule has 0 amide bonds. The third kappa shape index (κ3) is 4.59. The molecule has 0 N–H and O–H groups in total. The minimum Gasteiger partial charge on any atom is -0.465 e. The number of esters is 1. The van der Waals surface area contributed by atoms with Crippen LogP contribution < -0.4 is 9.47 Å². The fraction of sp³-hybridized carbons (Fsp3) is 0.393. The first-order valence-electron chi connectivity index (χ1n) is 11.7. The maximum Gasteiger partial charge on any atom is 0.345 e. The van der Waals surface area contributed by atoms with Gasteiger partial charge in [0.1, 0.15) is 17.1 Å². The number of allylic oxidation sites excluding steroid dienone is 2. The van der Waals surface area contributed by atoms with Crippen molar-refractivity contribution in [2.75, 3.05) is 0 Å². The summed E-state index contributed by atoms with van der Waals surface area (Å²) >= 11 is 0. The maximum atomic E-state index is 13.3. The number of fused-ring (bicyclic) bond motifs is 1. The number of hydrogen-bond donors (Lipinski definition) is 0. The summed E-state index contributed by atoms with van der Waals surface area (Å²) in [5.74, 6) is 1.13. The van der Waals surface area contributed by atoms with E-state index < -0.39 is 6.29 Å². The highest BCUT2D eigenvalue weighted by atomic mass is 16.7. The standard InChI is InChI=1S/C28H32O4/c1-4-6-8-15-22-18-23(30-5-2)24(21-16-11-12-19(3)17-21)26-25(22)27(29)32-28(31-26)20-13-9-7-10-14-20/h5,7,9-10,13-14,17-18,21,28H,2,4,6,8,11-12,15-16H2,1,3H3. The van der Waals surface area contributed by atoms with Crippen molar-refractivity contribution >= 4 is 5.97 Å². The minimum atomic E-state index is -0.772. The number of hydrogen-bond acceptors (Lipinski definition) is 4. The zero-order valence-corrected chi connectivity index (χ0v) is 19.1. The monoisotopic (exact) mass is 432 g/mol. The molecule has 0 bridgehead atoms. The Morgan fingerprint density at radius 3 is 2.72 bits per heavy atom. The van der Waals surface area contributed by atoms with Gasteiger partial charge >= 0.3 is 5.97 Å². The second kappa shape index (κ2) is 10.1. The molecule has 4 nitrogen and oxygen atoms in total. The van der Waals surface area contributed by atoms with Crippen LogP contribution in [0.4, 0.5) is 0 Å². The van der Waals surface area contributed by atoms with Crippen LogP contribution in [0.25, 0.3) is 0 Å². The van der Waals surface area contributed by atoms with E-state index in [0.29, 0.717) is 11.3 Å². The fourth-order valence-electron chi connectivity index (χ4n) is 4.72. The van der Waals surface area contributed by atoms with Gasteiger partial charge < -0.3 is 14.2 Å². The molecule has 32 heavy (non-hydrogen) atoms. The van der Waals surface area contributed by atoms with Crippen LogP contribution in [0.3, 0.4) is 0 Å². The molecule has 0 radical (unpaired) electrons. The molecule has 4 rings (SSSR count). The highest BCUT2D eigenvalue weighted by Gasteiger charge is 2.37. The lowest BCUT2D eigenvalue weighted by atomic mass is 9.83. The number of aryl methyl sites for hydroxylation is 1. The lowest BCUT2D eigenvalue weighted by Gasteiger charge is -2.32. The van der Waals surface area contributed by atoms with Crippen molar-refractivity contribution in [3.05, 3.63) is 83.1 Å². The van der Waals surface area contributed by atoms with Gasteiger partial charge in [-0.05, 0) is 50.7 Å². The normalized spacial score (nSPS) is 19.9. The molecule has 1 aliphatic heterocycles. The average molecular weight is 433 g/mol. The van der Waals surface area contributed by atoms with Crippen LogP contribution >= 0.6 is 0 Å². The molecule has 168 valence electrons. The highest BCUT2D eigenvalue weighted by Crippen LogP contribution is 2.48. The molecule has 2 unspecified atom stereocenters. The maximum absolute atomic E-state index is 13.3. The van der Waals surface area contributed by atoms with E-state index in [0.717, 1.165) is 67.4 Å². The molecule has 2 aliphatic rings. The second-order valence-electron chi connectivity index (χ2n) is 8.67. The van der Waals surface area contributed by atoms with Crippen LogP contribution in [0.1, 0.15) is 91.6 Å². The Labute approximate surface area is 190 Å². The van der Waals surface area contributed by atoms with Crippen molar-refractivity contribution in [3.8, 4) is 11.5 Å². The number of benzene rings is 2. The van der Waals surface area contributed by atoms with E-state index in [4.69, 9.17) is 14.2 Å². The van der Waals surface area contributed by atoms with Crippen LogP contribution in [0.15, 0.2) is 60.9 Å². The van der Waals surface area contributed by atoms with Crippen LogP contribution in [0.5, 0.6) is 11.5 Å². The SMILES string of the molecule is C=COc1cc(CCCCC)c2c(c1C1C=C(C)CCC1)OC(c1ccccc1)OC2=O. The zero-order chi connectivity index (χ0) is 22.5. The molecule has 1 heterocycles. The molecule has 0 saturated heterocycles. The van der Waals surface area contributed by atoms with Crippen molar-refractivity contribution < 1.29 is 19.0 Å². The summed E-state index contributed by atoms with van der Waals surface area (Å²) in [5, 5.41) is 0. The van der Waals surface area contributed by atoms with Gasteiger partial charge in [-0.15, -0.1) is 0 Å². The Bertz CT molecular complexity index is 1010. The van der Waals surface area contributed by atoms with Crippen molar-refractivity contribution in [2.45, 2.75) is 71.0 Å². The quantitative estimate of drug-likeness (QED) is 0.189. The van der Waals surface area contributed by atoms with Crippen molar-refractivity contribution in [3.63, 3.8) is 0 Å². The number of carbonyl (C=O) groups is 1. The summed E-state index contributed by atoms with van der Waals surface area (Å²) in [5.41, 5.74) is 4.56. The fourth-order valence-corrected chi connectivity index (χ4v) is 4.72. The van der Waals surface area contributed by atoms with Crippen molar-refractivity contribution in [1.29, 1.82) is 0 Å². The Kier molecular flexibility index (Phi) is 6.99. The molecule has 2 aromatic carbocycles.